The molecule has 0 amide bonds. The number of nitrogens with zero attached hydrogens (tertiary/aromatic N) is 3. The fraction of sp³-hybridized carbons (Fsp3) is 0.571. The molecule has 20 heavy (non-hydrogen) atoms. The van der Waals surface area contributed by atoms with Crippen LogP contribution in [0.15, 0.2) is 6.07 Å². The quantitative estimate of drug-likeness (QED) is 0.632. The number of aryl methyl sites for hydroxylation is 1. The highest BCUT2D eigenvalue weighted by Gasteiger charge is 2.19. The van der Waals surface area contributed by atoms with Crippen molar-refractivity contribution in [1.29, 1.82) is 0 Å². The van der Waals surface area contributed by atoms with Crippen molar-refractivity contribution in [3.63, 3.8) is 0 Å². The molecule has 2 rings (SSSR count). The van der Waals surface area contributed by atoms with Gasteiger partial charge in [0.2, 0.25) is 5.95 Å². The van der Waals surface area contributed by atoms with Crippen LogP contribution >= 0.6 is 11.3 Å². The molecule has 0 fully saturated rings. The minimum Gasteiger partial charge on any atom is -0.353 e. The molecule has 0 aliphatic carbocycles. The molecule has 0 radical (unpaired) electrons. The monoisotopic (exact) mass is 293 g/mol. The van der Waals surface area contributed by atoms with E-state index in [1.54, 1.807) is 11.3 Å². The number of nitrogens with one attached hydrogen (secondary N) is 1. The molecule has 1 atom stereocenters. The van der Waals surface area contributed by atoms with Crippen LogP contribution in [0.5, 0.6) is 0 Å². The first kappa shape index (κ1) is 15.0. The number of aromatic nitrogens is 2. The van der Waals surface area contributed by atoms with Crippen LogP contribution in [0.25, 0.3) is 10.2 Å². The van der Waals surface area contributed by atoms with Crippen LogP contribution in [0, 0.1) is 0 Å². The van der Waals surface area contributed by atoms with E-state index in [1.165, 1.54) is 4.88 Å². The molecule has 0 spiro atoms. The highest BCUT2D eigenvalue weighted by molar-refractivity contribution is 7.18. The van der Waals surface area contributed by atoms with Crippen molar-refractivity contribution in [3.8, 4) is 0 Å². The fourth-order valence-corrected chi connectivity index (χ4v) is 3.27. The average Bonchev–Trinajstić information content (AvgIpc) is 2.90. The van der Waals surface area contributed by atoms with Crippen molar-refractivity contribution in [2.24, 2.45) is 5.84 Å². The summed E-state index contributed by atoms with van der Waals surface area (Å²) >= 11 is 1.71. The van der Waals surface area contributed by atoms with Gasteiger partial charge in [-0.25, -0.2) is 10.8 Å². The maximum absolute atomic E-state index is 5.51. The third kappa shape index (κ3) is 2.71. The van der Waals surface area contributed by atoms with Gasteiger partial charge in [-0.15, -0.1) is 11.3 Å². The van der Waals surface area contributed by atoms with E-state index in [-0.39, 0.29) is 0 Å². The topological polar surface area (TPSA) is 67.1 Å². The highest BCUT2D eigenvalue weighted by Crippen LogP contribution is 2.33. The molecule has 0 bridgehead atoms. The summed E-state index contributed by atoms with van der Waals surface area (Å²) in [6, 6.07) is 2.65. The van der Waals surface area contributed by atoms with Gasteiger partial charge in [0, 0.05) is 17.5 Å². The molecule has 2 aromatic heterocycles. The number of rotatable bonds is 6. The molecule has 0 aromatic carbocycles. The standard InChI is InChI=1S/C14H23N5S/c1-5-9(4)19(7-3)12-11-8-10(6-2)20-13(11)17-14(16-12)18-15/h8-9H,5-7,15H2,1-4H3,(H,16,17,18). The summed E-state index contributed by atoms with van der Waals surface area (Å²) in [4.78, 5) is 13.7. The molecular weight excluding hydrogens is 270 g/mol. The molecule has 5 nitrogen and oxygen atoms in total. The lowest BCUT2D eigenvalue weighted by Gasteiger charge is -2.29. The lowest BCUT2D eigenvalue weighted by atomic mass is 10.2. The third-order valence-corrected chi connectivity index (χ3v) is 4.81. The highest BCUT2D eigenvalue weighted by atomic mass is 32.1. The Kier molecular flexibility index (Phi) is 4.77. The van der Waals surface area contributed by atoms with Crippen LogP contribution in [0.4, 0.5) is 11.8 Å². The van der Waals surface area contributed by atoms with Gasteiger partial charge < -0.3 is 4.90 Å². The van der Waals surface area contributed by atoms with Crippen molar-refractivity contribution >= 4 is 33.3 Å². The summed E-state index contributed by atoms with van der Waals surface area (Å²) in [5.74, 6) is 6.98. The zero-order valence-corrected chi connectivity index (χ0v) is 13.4. The molecule has 2 heterocycles. The molecule has 3 N–H and O–H groups in total. The van der Waals surface area contributed by atoms with E-state index in [4.69, 9.17) is 5.84 Å². The second kappa shape index (κ2) is 6.37. The molecule has 0 saturated heterocycles. The van der Waals surface area contributed by atoms with E-state index in [0.717, 1.165) is 35.4 Å². The molecule has 110 valence electrons. The number of nitrogen functional groups attached to an aromatic ring is 1. The van der Waals surface area contributed by atoms with Crippen LogP contribution < -0.4 is 16.2 Å². The van der Waals surface area contributed by atoms with E-state index in [1.807, 2.05) is 0 Å². The number of nitrogens with two attached hydrogens (primary N) is 1. The van der Waals surface area contributed by atoms with Gasteiger partial charge in [0.25, 0.3) is 0 Å². The SMILES string of the molecule is CCc1cc2c(N(CC)C(C)CC)nc(NN)nc2s1. The Morgan fingerprint density at radius 1 is 1.35 bits per heavy atom. The van der Waals surface area contributed by atoms with Gasteiger partial charge in [-0.1, -0.05) is 13.8 Å². The number of fused-ring (bicyclic) bond motifs is 1. The number of hydrogen-bond acceptors (Lipinski definition) is 6. The average molecular weight is 293 g/mol. The summed E-state index contributed by atoms with van der Waals surface area (Å²) in [6.45, 7) is 9.65. The zero-order chi connectivity index (χ0) is 14.7. The van der Waals surface area contributed by atoms with E-state index in [0.29, 0.717) is 12.0 Å². The fourth-order valence-electron chi connectivity index (χ4n) is 2.30. The smallest absolute Gasteiger partial charge is 0.240 e. The Labute approximate surface area is 124 Å². The molecule has 0 aliphatic heterocycles. The van der Waals surface area contributed by atoms with Crippen LogP contribution in [0.3, 0.4) is 0 Å². The maximum Gasteiger partial charge on any atom is 0.240 e. The molecular formula is C14H23N5S. The van der Waals surface area contributed by atoms with Crippen LogP contribution in [0.2, 0.25) is 0 Å². The van der Waals surface area contributed by atoms with Crippen LogP contribution in [0.1, 0.15) is 39.0 Å². The second-order valence-electron chi connectivity index (χ2n) is 4.84. The third-order valence-electron chi connectivity index (χ3n) is 3.64. The Morgan fingerprint density at radius 3 is 2.65 bits per heavy atom. The Hall–Kier alpha value is -1.40. The molecule has 6 heteroatoms. The molecule has 0 aliphatic rings. The predicted octanol–water partition coefficient (Wildman–Crippen LogP) is 3.16. The summed E-state index contributed by atoms with van der Waals surface area (Å²) in [5, 5.41) is 1.13. The molecule has 0 saturated carbocycles. The Bertz CT molecular complexity index is 580. The van der Waals surface area contributed by atoms with Gasteiger partial charge in [-0.2, -0.15) is 4.98 Å². The minimum absolute atomic E-state index is 0.439. The number of thiophene rings is 1. The summed E-state index contributed by atoms with van der Waals surface area (Å²) < 4.78 is 0. The van der Waals surface area contributed by atoms with Gasteiger partial charge in [0.05, 0.1) is 5.39 Å². The van der Waals surface area contributed by atoms with Crippen molar-refractivity contribution < 1.29 is 0 Å². The summed E-state index contributed by atoms with van der Waals surface area (Å²) in [5.41, 5.74) is 2.58. The number of hydrogen-bond donors (Lipinski definition) is 2. The van der Waals surface area contributed by atoms with Crippen molar-refractivity contribution in [1.82, 2.24) is 9.97 Å². The van der Waals surface area contributed by atoms with Gasteiger partial charge >= 0.3 is 0 Å². The minimum atomic E-state index is 0.439. The van der Waals surface area contributed by atoms with Crippen LogP contribution in [-0.2, 0) is 6.42 Å². The first-order chi connectivity index (χ1) is 9.64. The number of hydrazine groups is 1. The molecule has 2 aromatic rings. The van der Waals surface area contributed by atoms with E-state index in [9.17, 15) is 0 Å². The largest absolute Gasteiger partial charge is 0.353 e. The second-order valence-corrected chi connectivity index (χ2v) is 5.96. The van der Waals surface area contributed by atoms with E-state index < -0.39 is 0 Å². The van der Waals surface area contributed by atoms with Crippen molar-refractivity contribution in [2.75, 3.05) is 16.9 Å². The van der Waals surface area contributed by atoms with E-state index in [2.05, 4.69) is 54.1 Å². The summed E-state index contributed by atoms with van der Waals surface area (Å²) in [7, 11) is 0. The van der Waals surface area contributed by atoms with Crippen molar-refractivity contribution in [2.45, 2.75) is 46.6 Å². The van der Waals surface area contributed by atoms with Gasteiger partial charge in [-0.3, -0.25) is 5.43 Å². The zero-order valence-electron chi connectivity index (χ0n) is 12.6. The maximum atomic E-state index is 5.51. The van der Waals surface area contributed by atoms with Gasteiger partial charge in [0.1, 0.15) is 10.6 Å². The van der Waals surface area contributed by atoms with E-state index >= 15 is 0 Å². The van der Waals surface area contributed by atoms with Crippen LogP contribution in [-0.4, -0.2) is 22.6 Å². The lowest BCUT2D eigenvalue weighted by Crippen LogP contribution is -2.33. The number of anilines is 2. The normalized spacial score (nSPS) is 12.7. The Morgan fingerprint density at radius 2 is 2.10 bits per heavy atom. The first-order valence-corrected chi connectivity index (χ1v) is 7.99. The molecule has 1 unspecified atom stereocenters. The van der Waals surface area contributed by atoms with Gasteiger partial charge in [0.15, 0.2) is 0 Å². The first-order valence-electron chi connectivity index (χ1n) is 7.18. The van der Waals surface area contributed by atoms with Crippen molar-refractivity contribution in [3.05, 3.63) is 10.9 Å². The Balaban J connectivity index is 2.61. The van der Waals surface area contributed by atoms with Gasteiger partial charge in [-0.05, 0) is 32.8 Å². The predicted molar refractivity (Wildman–Crippen MR) is 87.4 cm³/mol. The lowest BCUT2D eigenvalue weighted by molar-refractivity contribution is 0.625. The summed E-state index contributed by atoms with van der Waals surface area (Å²) in [6.07, 6.45) is 2.09.